The molecule has 0 aliphatic heterocycles. The predicted octanol–water partition coefficient (Wildman–Crippen LogP) is 0.479. The fourth-order valence-corrected chi connectivity index (χ4v) is 2.04. The zero-order chi connectivity index (χ0) is 14.6. The van der Waals surface area contributed by atoms with Crippen LogP contribution in [0.3, 0.4) is 0 Å². The molecular formula is C16H36ClNO2. The number of rotatable bonds is 13. The van der Waals surface area contributed by atoms with E-state index in [0.717, 1.165) is 30.8 Å². The third-order valence-corrected chi connectivity index (χ3v) is 3.05. The van der Waals surface area contributed by atoms with Crippen molar-refractivity contribution < 1.29 is 26.4 Å². The van der Waals surface area contributed by atoms with Crippen LogP contribution in [-0.4, -0.2) is 58.1 Å². The number of hydrogen-bond acceptors (Lipinski definition) is 2. The summed E-state index contributed by atoms with van der Waals surface area (Å²) in [6.45, 7) is 7.94. The average molecular weight is 310 g/mol. The summed E-state index contributed by atoms with van der Waals surface area (Å²) < 4.78 is 12.7. The number of ether oxygens (including phenoxy) is 2. The van der Waals surface area contributed by atoms with Crippen molar-refractivity contribution in [3.63, 3.8) is 0 Å². The summed E-state index contributed by atoms with van der Waals surface area (Å²) in [4.78, 5) is 0. The lowest BCUT2D eigenvalue weighted by Crippen LogP contribution is -3.00. The van der Waals surface area contributed by atoms with Crippen LogP contribution in [0.25, 0.3) is 0 Å². The second-order valence-electron chi connectivity index (χ2n) is 6.45. The van der Waals surface area contributed by atoms with Crippen LogP contribution in [0.4, 0.5) is 0 Å². The van der Waals surface area contributed by atoms with Gasteiger partial charge in [-0.25, -0.2) is 0 Å². The van der Waals surface area contributed by atoms with Crippen LogP contribution in [0.1, 0.15) is 52.4 Å². The molecule has 20 heavy (non-hydrogen) atoms. The maximum Gasteiger partial charge on any atom is 0.130 e. The van der Waals surface area contributed by atoms with E-state index in [0.29, 0.717) is 0 Å². The van der Waals surface area contributed by atoms with E-state index in [4.69, 9.17) is 9.47 Å². The summed E-state index contributed by atoms with van der Waals surface area (Å²) in [7, 11) is 6.62. The molecule has 0 aromatic rings. The van der Waals surface area contributed by atoms with E-state index in [-0.39, 0.29) is 18.5 Å². The molecule has 0 heterocycles. The molecule has 0 aliphatic rings. The zero-order valence-corrected chi connectivity index (χ0v) is 15.0. The van der Waals surface area contributed by atoms with Gasteiger partial charge in [-0.05, 0) is 12.8 Å². The second kappa shape index (κ2) is 14.1. The van der Waals surface area contributed by atoms with Crippen molar-refractivity contribution in [2.75, 3.05) is 47.5 Å². The molecule has 0 spiro atoms. The molecule has 0 saturated carbocycles. The van der Waals surface area contributed by atoms with Gasteiger partial charge in [-0.3, -0.25) is 0 Å². The first-order chi connectivity index (χ1) is 8.99. The average Bonchev–Trinajstić information content (AvgIpc) is 2.32. The number of likely N-dealkylation sites (N-methyl/N-ethyl adjacent to an activating group) is 1. The third kappa shape index (κ3) is 16.2. The monoisotopic (exact) mass is 309 g/mol. The van der Waals surface area contributed by atoms with Gasteiger partial charge in [-0.1, -0.05) is 39.5 Å². The van der Waals surface area contributed by atoms with Crippen molar-refractivity contribution >= 4 is 0 Å². The summed E-state index contributed by atoms with van der Waals surface area (Å²) in [5, 5.41) is 0. The highest BCUT2D eigenvalue weighted by molar-refractivity contribution is 4.56. The molecule has 0 fully saturated rings. The Balaban J connectivity index is 0. The molecule has 1 unspecified atom stereocenters. The van der Waals surface area contributed by atoms with Crippen LogP contribution in [-0.2, 0) is 9.47 Å². The topological polar surface area (TPSA) is 18.5 Å². The number of hydrogen-bond donors (Lipinski definition) is 0. The minimum Gasteiger partial charge on any atom is -1.00 e. The van der Waals surface area contributed by atoms with Gasteiger partial charge in [0.1, 0.15) is 12.6 Å². The van der Waals surface area contributed by atoms with Gasteiger partial charge in [0.2, 0.25) is 0 Å². The Hall–Kier alpha value is 0.170. The van der Waals surface area contributed by atoms with Crippen molar-refractivity contribution in [3.8, 4) is 0 Å². The molecule has 0 N–H and O–H groups in total. The van der Waals surface area contributed by atoms with E-state index in [9.17, 15) is 0 Å². The van der Waals surface area contributed by atoms with E-state index in [1.54, 1.807) is 0 Å². The van der Waals surface area contributed by atoms with Gasteiger partial charge < -0.3 is 26.4 Å². The summed E-state index contributed by atoms with van der Waals surface area (Å²) in [6, 6.07) is 0. The van der Waals surface area contributed by atoms with Crippen LogP contribution in [0, 0.1) is 0 Å². The van der Waals surface area contributed by atoms with Gasteiger partial charge in [0.15, 0.2) is 0 Å². The Bertz CT molecular complexity index is 195. The molecule has 124 valence electrons. The van der Waals surface area contributed by atoms with Crippen molar-refractivity contribution in [2.45, 2.75) is 58.5 Å². The van der Waals surface area contributed by atoms with Crippen molar-refractivity contribution in [2.24, 2.45) is 0 Å². The van der Waals surface area contributed by atoms with Gasteiger partial charge in [0, 0.05) is 13.2 Å². The van der Waals surface area contributed by atoms with E-state index in [2.05, 4.69) is 35.0 Å². The fourth-order valence-electron chi connectivity index (χ4n) is 2.04. The summed E-state index contributed by atoms with van der Waals surface area (Å²) >= 11 is 0. The van der Waals surface area contributed by atoms with Crippen LogP contribution in [0.2, 0.25) is 0 Å². The van der Waals surface area contributed by atoms with Crippen molar-refractivity contribution in [1.82, 2.24) is 0 Å². The molecule has 0 aromatic heterocycles. The molecule has 0 amide bonds. The van der Waals surface area contributed by atoms with Gasteiger partial charge >= 0.3 is 0 Å². The van der Waals surface area contributed by atoms with Crippen molar-refractivity contribution in [3.05, 3.63) is 0 Å². The lowest BCUT2D eigenvalue weighted by molar-refractivity contribution is -0.873. The van der Waals surface area contributed by atoms with Crippen LogP contribution in [0.5, 0.6) is 0 Å². The molecular weight excluding hydrogens is 274 g/mol. The molecule has 0 bridgehead atoms. The summed E-state index contributed by atoms with van der Waals surface area (Å²) in [6.07, 6.45) is 7.59. The summed E-state index contributed by atoms with van der Waals surface area (Å²) in [5.74, 6) is 0. The van der Waals surface area contributed by atoms with E-state index in [1.165, 1.54) is 38.5 Å². The zero-order valence-electron chi connectivity index (χ0n) is 14.3. The normalized spacial score (nSPS) is 13.1. The standard InChI is InChI=1S/C16H36NO2.ClH/c1-6-8-10-12-18-15-16(14-17(3,4)5)19-13-11-9-7-2;/h16H,6-15H2,1-5H3;1H/q+1;/p-1. The molecule has 1 atom stereocenters. The minimum absolute atomic E-state index is 0. The molecule has 3 nitrogen and oxygen atoms in total. The third-order valence-electron chi connectivity index (χ3n) is 3.05. The Morgan fingerprint density at radius 3 is 1.90 bits per heavy atom. The lowest BCUT2D eigenvalue weighted by atomic mass is 10.2. The molecule has 0 saturated heterocycles. The number of quaternary nitrogens is 1. The maximum atomic E-state index is 5.99. The van der Waals surface area contributed by atoms with Crippen molar-refractivity contribution in [1.29, 1.82) is 0 Å². The van der Waals surface area contributed by atoms with E-state index >= 15 is 0 Å². The predicted molar refractivity (Wildman–Crippen MR) is 82.5 cm³/mol. The minimum atomic E-state index is 0. The van der Waals surface area contributed by atoms with Gasteiger partial charge in [-0.15, -0.1) is 0 Å². The highest BCUT2D eigenvalue weighted by atomic mass is 35.5. The van der Waals surface area contributed by atoms with Gasteiger partial charge in [0.05, 0.1) is 27.7 Å². The fraction of sp³-hybridized carbons (Fsp3) is 1.00. The highest BCUT2D eigenvalue weighted by Crippen LogP contribution is 2.05. The molecule has 0 aliphatic carbocycles. The van der Waals surface area contributed by atoms with Crippen LogP contribution >= 0.6 is 0 Å². The Kier molecular flexibility index (Phi) is 15.9. The SMILES string of the molecule is CCCCCOCC(C[N+](C)(C)C)OCCCCC.[Cl-]. The Labute approximate surface area is 133 Å². The smallest absolute Gasteiger partial charge is 0.130 e. The van der Waals surface area contributed by atoms with Gasteiger partial charge in [-0.2, -0.15) is 0 Å². The van der Waals surface area contributed by atoms with Crippen LogP contribution in [0.15, 0.2) is 0 Å². The Morgan fingerprint density at radius 2 is 1.40 bits per heavy atom. The molecule has 4 heteroatoms. The summed E-state index contributed by atoms with van der Waals surface area (Å²) in [5.41, 5.74) is 0. The van der Waals surface area contributed by atoms with E-state index in [1.807, 2.05) is 0 Å². The number of unbranched alkanes of at least 4 members (excludes halogenated alkanes) is 4. The quantitative estimate of drug-likeness (QED) is 0.364. The first-order valence-corrected chi connectivity index (χ1v) is 7.99. The molecule has 0 aromatic carbocycles. The lowest BCUT2D eigenvalue weighted by Gasteiger charge is -2.29. The molecule has 0 rings (SSSR count). The second-order valence-corrected chi connectivity index (χ2v) is 6.45. The maximum absolute atomic E-state index is 5.99. The Morgan fingerprint density at radius 1 is 0.850 bits per heavy atom. The first kappa shape index (κ1) is 22.5. The molecule has 0 radical (unpaired) electrons. The number of halogens is 1. The number of nitrogens with zero attached hydrogens (tertiary/aromatic N) is 1. The highest BCUT2D eigenvalue weighted by Gasteiger charge is 2.18. The van der Waals surface area contributed by atoms with Crippen LogP contribution < -0.4 is 12.4 Å². The first-order valence-electron chi connectivity index (χ1n) is 7.99. The largest absolute Gasteiger partial charge is 1.00 e. The van der Waals surface area contributed by atoms with Gasteiger partial charge in [0.25, 0.3) is 0 Å². The van der Waals surface area contributed by atoms with E-state index < -0.39 is 0 Å².